The Balaban J connectivity index is 2.15. The lowest BCUT2D eigenvalue weighted by molar-refractivity contribution is -0.137. The topological polar surface area (TPSA) is 74.7 Å². The molecule has 2 aromatic carbocycles. The van der Waals surface area contributed by atoms with Gasteiger partial charge in [0.15, 0.2) is 5.78 Å². The molecule has 0 atom stereocenters. The van der Waals surface area contributed by atoms with Crippen LogP contribution >= 0.6 is 0 Å². The molecule has 0 aliphatic rings. The van der Waals surface area contributed by atoms with Crippen LogP contribution in [0.4, 0.5) is 0 Å². The van der Waals surface area contributed by atoms with Crippen molar-refractivity contribution in [2.75, 3.05) is 13.6 Å². The summed E-state index contributed by atoms with van der Waals surface area (Å²) in [4.78, 5) is 36.0. The van der Waals surface area contributed by atoms with Crippen molar-refractivity contribution in [1.82, 2.24) is 4.90 Å². The lowest BCUT2D eigenvalue weighted by Crippen LogP contribution is -2.31. The number of benzene rings is 2. The molecule has 22 heavy (non-hydrogen) atoms. The minimum absolute atomic E-state index is 0.126. The molecule has 112 valence electrons. The van der Waals surface area contributed by atoms with Crippen molar-refractivity contribution >= 4 is 17.7 Å². The second-order valence-corrected chi connectivity index (χ2v) is 4.83. The molecule has 1 amide bonds. The number of carboxylic acid groups (broad SMARTS) is 1. The number of hydrogen-bond acceptors (Lipinski definition) is 3. The first kappa shape index (κ1) is 15.4. The Hall–Kier alpha value is -2.95. The minimum atomic E-state index is -1.08. The summed E-state index contributed by atoms with van der Waals surface area (Å²) in [5.41, 5.74) is 1.39. The predicted molar refractivity (Wildman–Crippen MR) is 80.9 cm³/mol. The maximum absolute atomic E-state index is 12.2. The average Bonchev–Trinajstić information content (AvgIpc) is 2.54. The van der Waals surface area contributed by atoms with Gasteiger partial charge in [-0.25, -0.2) is 0 Å². The van der Waals surface area contributed by atoms with Gasteiger partial charge in [-0.3, -0.25) is 14.4 Å². The standard InChI is InChI=1S/C17H15NO4/c1-18(11-15(19)20)17(22)14-9-7-13(8-10-14)16(21)12-5-3-2-4-6-12/h2-10H,11H2,1H3,(H,19,20). The van der Waals surface area contributed by atoms with Gasteiger partial charge in [0.1, 0.15) is 6.54 Å². The predicted octanol–water partition coefficient (Wildman–Crippen LogP) is 2.07. The molecule has 0 aliphatic heterocycles. The second kappa shape index (κ2) is 6.67. The molecule has 5 heteroatoms. The zero-order valence-electron chi connectivity index (χ0n) is 12.0. The minimum Gasteiger partial charge on any atom is -0.480 e. The molecule has 0 heterocycles. The van der Waals surface area contributed by atoms with Gasteiger partial charge in [0.25, 0.3) is 5.91 Å². The van der Waals surface area contributed by atoms with Crippen LogP contribution in [0.5, 0.6) is 0 Å². The number of carbonyl (C=O) groups excluding carboxylic acids is 2. The Morgan fingerprint density at radius 3 is 1.91 bits per heavy atom. The van der Waals surface area contributed by atoms with Crippen molar-refractivity contribution in [2.24, 2.45) is 0 Å². The van der Waals surface area contributed by atoms with E-state index in [0.29, 0.717) is 16.7 Å². The van der Waals surface area contributed by atoms with E-state index >= 15 is 0 Å². The van der Waals surface area contributed by atoms with Crippen LogP contribution in [0.15, 0.2) is 54.6 Å². The van der Waals surface area contributed by atoms with E-state index in [1.54, 1.807) is 36.4 Å². The molecule has 2 aromatic rings. The largest absolute Gasteiger partial charge is 0.480 e. The highest BCUT2D eigenvalue weighted by Gasteiger charge is 2.15. The van der Waals surface area contributed by atoms with E-state index in [1.807, 2.05) is 6.07 Å². The molecule has 0 radical (unpaired) electrons. The van der Waals surface area contributed by atoms with Gasteiger partial charge in [-0.1, -0.05) is 42.5 Å². The van der Waals surface area contributed by atoms with Crippen LogP contribution in [-0.2, 0) is 4.79 Å². The van der Waals surface area contributed by atoms with Crippen molar-refractivity contribution in [3.63, 3.8) is 0 Å². The van der Waals surface area contributed by atoms with Crippen LogP contribution in [0, 0.1) is 0 Å². The lowest BCUT2D eigenvalue weighted by atomic mass is 10.0. The fourth-order valence-electron chi connectivity index (χ4n) is 2.02. The maximum Gasteiger partial charge on any atom is 0.323 e. The summed E-state index contributed by atoms with van der Waals surface area (Å²) in [5.74, 6) is -1.61. The highest BCUT2D eigenvalue weighted by Crippen LogP contribution is 2.12. The van der Waals surface area contributed by atoms with Crippen molar-refractivity contribution < 1.29 is 19.5 Å². The summed E-state index contributed by atoms with van der Waals surface area (Å²) < 4.78 is 0. The monoisotopic (exact) mass is 297 g/mol. The van der Waals surface area contributed by atoms with Crippen LogP contribution in [-0.4, -0.2) is 41.3 Å². The normalized spacial score (nSPS) is 10.0. The Labute approximate surface area is 127 Å². The van der Waals surface area contributed by atoms with Crippen LogP contribution in [0.3, 0.4) is 0 Å². The number of aliphatic carboxylic acids is 1. The van der Waals surface area contributed by atoms with Gasteiger partial charge in [-0.15, -0.1) is 0 Å². The van der Waals surface area contributed by atoms with Gasteiger partial charge in [0, 0.05) is 23.7 Å². The summed E-state index contributed by atoms with van der Waals surface area (Å²) in [7, 11) is 1.42. The van der Waals surface area contributed by atoms with E-state index < -0.39 is 11.9 Å². The van der Waals surface area contributed by atoms with Gasteiger partial charge in [-0.2, -0.15) is 0 Å². The SMILES string of the molecule is CN(CC(=O)O)C(=O)c1ccc(C(=O)c2ccccc2)cc1. The molecule has 0 aliphatic carbocycles. The molecule has 0 aromatic heterocycles. The number of amides is 1. The van der Waals surface area contributed by atoms with Gasteiger partial charge < -0.3 is 10.0 Å². The summed E-state index contributed by atoms with van der Waals surface area (Å²) in [5, 5.41) is 8.68. The van der Waals surface area contributed by atoms with Gasteiger partial charge >= 0.3 is 5.97 Å². The first-order valence-corrected chi connectivity index (χ1v) is 6.66. The van der Waals surface area contributed by atoms with Gasteiger partial charge in [0.05, 0.1) is 0 Å². The molecule has 0 saturated heterocycles. The molecule has 0 saturated carbocycles. The Morgan fingerprint density at radius 2 is 1.36 bits per heavy atom. The number of likely N-dealkylation sites (N-methyl/N-ethyl adjacent to an activating group) is 1. The molecular weight excluding hydrogens is 282 g/mol. The lowest BCUT2D eigenvalue weighted by Gasteiger charge is -2.14. The Kier molecular flexibility index (Phi) is 4.68. The summed E-state index contributed by atoms with van der Waals surface area (Å²) in [6.45, 7) is -0.371. The molecule has 0 spiro atoms. The molecule has 0 unspecified atom stereocenters. The highest BCUT2D eigenvalue weighted by atomic mass is 16.4. The van der Waals surface area contributed by atoms with E-state index in [9.17, 15) is 14.4 Å². The van der Waals surface area contributed by atoms with Gasteiger partial charge in [-0.05, 0) is 12.1 Å². The third-order valence-corrected chi connectivity index (χ3v) is 3.15. The molecular formula is C17H15NO4. The molecule has 2 rings (SSSR count). The Bertz CT molecular complexity index is 692. The second-order valence-electron chi connectivity index (χ2n) is 4.83. The summed E-state index contributed by atoms with van der Waals surface area (Å²) in [6, 6.07) is 15.0. The number of rotatable bonds is 5. The van der Waals surface area contributed by atoms with E-state index in [1.165, 1.54) is 19.2 Å². The Morgan fingerprint density at radius 1 is 0.864 bits per heavy atom. The molecule has 5 nitrogen and oxygen atoms in total. The van der Waals surface area contributed by atoms with E-state index in [-0.39, 0.29) is 12.3 Å². The number of ketones is 1. The maximum atomic E-state index is 12.2. The van der Waals surface area contributed by atoms with E-state index in [4.69, 9.17) is 5.11 Å². The zero-order valence-corrected chi connectivity index (χ0v) is 12.0. The first-order valence-electron chi connectivity index (χ1n) is 6.66. The summed E-state index contributed by atoms with van der Waals surface area (Å²) in [6.07, 6.45) is 0. The number of hydrogen-bond donors (Lipinski definition) is 1. The van der Waals surface area contributed by atoms with Crippen molar-refractivity contribution in [1.29, 1.82) is 0 Å². The van der Waals surface area contributed by atoms with Crippen LogP contribution in [0.25, 0.3) is 0 Å². The fraction of sp³-hybridized carbons (Fsp3) is 0.118. The number of carboxylic acids is 1. The third-order valence-electron chi connectivity index (χ3n) is 3.15. The van der Waals surface area contributed by atoms with E-state index in [0.717, 1.165) is 4.90 Å². The smallest absolute Gasteiger partial charge is 0.323 e. The van der Waals surface area contributed by atoms with Crippen LogP contribution in [0.1, 0.15) is 26.3 Å². The zero-order chi connectivity index (χ0) is 16.1. The fourth-order valence-corrected chi connectivity index (χ4v) is 2.02. The van der Waals surface area contributed by atoms with Crippen molar-refractivity contribution in [3.05, 3.63) is 71.3 Å². The molecule has 1 N–H and O–H groups in total. The molecule has 0 fully saturated rings. The van der Waals surface area contributed by atoms with Crippen molar-refractivity contribution in [3.8, 4) is 0 Å². The third kappa shape index (κ3) is 3.58. The highest BCUT2D eigenvalue weighted by molar-refractivity contribution is 6.09. The number of nitrogens with zero attached hydrogens (tertiary/aromatic N) is 1. The molecule has 0 bridgehead atoms. The van der Waals surface area contributed by atoms with Crippen LogP contribution < -0.4 is 0 Å². The van der Waals surface area contributed by atoms with Crippen LogP contribution in [0.2, 0.25) is 0 Å². The van der Waals surface area contributed by atoms with E-state index in [2.05, 4.69) is 0 Å². The van der Waals surface area contributed by atoms with Crippen molar-refractivity contribution in [2.45, 2.75) is 0 Å². The van der Waals surface area contributed by atoms with Gasteiger partial charge in [0.2, 0.25) is 0 Å². The quantitative estimate of drug-likeness (QED) is 0.857. The average molecular weight is 297 g/mol. The number of carbonyl (C=O) groups is 3. The summed E-state index contributed by atoms with van der Waals surface area (Å²) >= 11 is 0. The first-order chi connectivity index (χ1) is 10.5.